The van der Waals surface area contributed by atoms with Crippen molar-refractivity contribution in [1.82, 2.24) is 15.5 Å². The molecule has 1 aromatic heterocycles. The number of aliphatic hydroxyl groups excluding tert-OH is 1. The number of aromatic nitrogens is 2. The van der Waals surface area contributed by atoms with Crippen molar-refractivity contribution in [3.05, 3.63) is 35.7 Å². The van der Waals surface area contributed by atoms with Gasteiger partial charge in [0.2, 0.25) is 0 Å². The lowest BCUT2D eigenvalue weighted by Crippen LogP contribution is -2.30. The third kappa shape index (κ3) is 3.71. The highest BCUT2D eigenvalue weighted by Gasteiger charge is 2.23. The van der Waals surface area contributed by atoms with Gasteiger partial charge in [0.05, 0.1) is 17.2 Å². The largest absolute Gasteiger partial charge is 0.392 e. The zero-order valence-corrected chi connectivity index (χ0v) is 13.3. The van der Waals surface area contributed by atoms with E-state index in [4.69, 9.17) is 4.52 Å². The van der Waals surface area contributed by atoms with Gasteiger partial charge in [0.25, 0.3) is 11.8 Å². The molecule has 1 amide bonds. The molecule has 0 radical (unpaired) electrons. The van der Waals surface area contributed by atoms with E-state index in [1.165, 1.54) is 0 Å². The lowest BCUT2D eigenvalue weighted by atomic mass is 9.96. The molecule has 1 atom stereocenters. The summed E-state index contributed by atoms with van der Waals surface area (Å²) in [7, 11) is 0. The zero-order valence-electron chi connectivity index (χ0n) is 13.3. The fourth-order valence-electron chi connectivity index (χ4n) is 1.84. The smallest absolute Gasteiger partial charge is 0.258 e. The molecule has 0 aliphatic heterocycles. The normalized spacial score (nSPS) is 13.0. The Labute approximate surface area is 129 Å². The summed E-state index contributed by atoms with van der Waals surface area (Å²) in [5.41, 5.74) is 0.784. The molecule has 0 spiro atoms. The van der Waals surface area contributed by atoms with E-state index in [2.05, 4.69) is 15.5 Å². The van der Waals surface area contributed by atoms with Gasteiger partial charge in [0, 0.05) is 12.0 Å². The zero-order chi connectivity index (χ0) is 16.3. The second kappa shape index (κ2) is 6.27. The Hall–Kier alpha value is -2.21. The van der Waals surface area contributed by atoms with Gasteiger partial charge in [-0.1, -0.05) is 38.1 Å². The minimum Gasteiger partial charge on any atom is -0.392 e. The Morgan fingerprint density at radius 2 is 2.05 bits per heavy atom. The lowest BCUT2D eigenvalue weighted by molar-refractivity contribution is 0.0924. The van der Waals surface area contributed by atoms with E-state index in [0.717, 1.165) is 0 Å². The fraction of sp³-hybridized carbons (Fsp3) is 0.438. The van der Waals surface area contributed by atoms with Gasteiger partial charge >= 0.3 is 0 Å². The van der Waals surface area contributed by atoms with Gasteiger partial charge in [-0.25, -0.2) is 0 Å². The Morgan fingerprint density at radius 3 is 2.64 bits per heavy atom. The predicted molar refractivity (Wildman–Crippen MR) is 82.4 cm³/mol. The number of hydrogen-bond donors (Lipinski definition) is 2. The van der Waals surface area contributed by atoms with Crippen molar-refractivity contribution >= 4 is 5.91 Å². The van der Waals surface area contributed by atoms with Crippen molar-refractivity contribution in [3.8, 4) is 11.5 Å². The van der Waals surface area contributed by atoms with Crippen LogP contribution in [0.2, 0.25) is 0 Å². The summed E-state index contributed by atoms with van der Waals surface area (Å²) in [6, 6.07) is 7.02. The highest BCUT2D eigenvalue weighted by Crippen LogP contribution is 2.26. The fourth-order valence-corrected chi connectivity index (χ4v) is 1.84. The number of carbonyl (C=O) groups is 1. The highest BCUT2D eigenvalue weighted by atomic mass is 16.5. The maximum atomic E-state index is 12.2. The summed E-state index contributed by atoms with van der Waals surface area (Å²) in [5, 5.41) is 15.9. The molecule has 118 valence electrons. The number of rotatable bonds is 4. The molecular formula is C16H21N3O3. The van der Waals surface area contributed by atoms with Gasteiger partial charge in [-0.3, -0.25) is 4.79 Å². The number of carbonyl (C=O) groups excluding carboxylic acids is 1. The van der Waals surface area contributed by atoms with Crippen molar-refractivity contribution in [2.24, 2.45) is 0 Å². The Kier molecular flexibility index (Phi) is 4.61. The molecular weight excluding hydrogens is 282 g/mol. The van der Waals surface area contributed by atoms with E-state index in [1.54, 1.807) is 25.1 Å². The number of nitrogens with one attached hydrogen (secondary N) is 1. The molecule has 1 unspecified atom stereocenters. The van der Waals surface area contributed by atoms with E-state index in [-0.39, 0.29) is 17.9 Å². The standard InChI is InChI=1S/C16H21N3O3/c1-10(20)9-17-13(21)11-7-5-6-8-12(11)14-18-15(19-22-14)16(2,3)4/h5-8,10,20H,9H2,1-4H3,(H,17,21). The van der Waals surface area contributed by atoms with Crippen LogP contribution in [-0.2, 0) is 5.41 Å². The highest BCUT2D eigenvalue weighted by molar-refractivity contribution is 5.99. The second-order valence-electron chi connectivity index (χ2n) is 6.28. The van der Waals surface area contributed by atoms with Crippen molar-refractivity contribution in [1.29, 1.82) is 0 Å². The van der Waals surface area contributed by atoms with Crippen LogP contribution in [0.1, 0.15) is 43.9 Å². The SMILES string of the molecule is CC(O)CNC(=O)c1ccccc1-c1nc(C(C)(C)C)no1. The van der Waals surface area contributed by atoms with Crippen LogP contribution in [0.15, 0.2) is 28.8 Å². The average molecular weight is 303 g/mol. The molecule has 0 fully saturated rings. The molecule has 22 heavy (non-hydrogen) atoms. The van der Waals surface area contributed by atoms with Crippen molar-refractivity contribution in [3.63, 3.8) is 0 Å². The van der Waals surface area contributed by atoms with Crippen LogP contribution in [0.5, 0.6) is 0 Å². The second-order valence-corrected chi connectivity index (χ2v) is 6.28. The quantitative estimate of drug-likeness (QED) is 0.903. The van der Waals surface area contributed by atoms with Crippen molar-refractivity contribution < 1.29 is 14.4 Å². The van der Waals surface area contributed by atoms with E-state index in [1.807, 2.05) is 26.8 Å². The van der Waals surface area contributed by atoms with Gasteiger partial charge in [0.1, 0.15) is 0 Å². The minimum atomic E-state index is -0.605. The van der Waals surface area contributed by atoms with Crippen LogP contribution in [-0.4, -0.2) is 33.8 Å². The molecule has 6 nitrogen and oxygen atoms in total. The minimum absolute atomic E-state index is 0.185. The van der Waals surface area contributed by atoms with Gasteiger partial charge in [-0.2, -0.15) is 4.98 Å². The summed E-state index contributed by atoms with van der Waals surface area (Å²) in [6.07, 6.45) is -0.605. The predicted octanol–water partition coefficient (Wildman–Crippen LogP) is 2.14. The van der Waals surface area contributed by atoms with Crippen LogP contribution in [0.3, 0.4) is 0 Å². The summed E-state index contributed by atoms with van der Waals surface area (Å²) in [4.78, 5) is 16.6. The van der Waals surface area contributed by atoms with Crippen molar-refractivity contribution in [2.75, 3.05) is 6.54 Å². The molecule has 1 heterocycles. The van der Waals surface area contributed by atoms with E-state index in [9.17, 15) is 9.90 Å². The summed E-state index contributed by atoms with van der Waals surface area (Å²) < 4.78 is 5.30. The van der Waals surface area contributed by atoms with Crippen molar-refractivity contribution in [2.45, 2.75) is 39.2 Å². The first-order valence-electron chi connectivity index (χ1n) is 7.19. The Bertz CT molecular complexity index is 657. The van der Waals surface area contributed by atoms with Gasteiger partial charge in [0.15, 0.2) is 5.82 Å². The first-order chi connectivity index (χ1) is 10.3. The maximum Gasteiger partial charge on any atom is 0.258 e. The van der Waals surface area contributed by atoms with Gasteiger partial charge < -0.3 is 14.9 Å². The topological polar surface area (TPSA) is 88.2 Å². The van der Waals surface area contributed by atoms with Gasteiger partial charge in [-0.05, 0) is 19.1 Å². The van der Waals surface area contributed by atoms with Crippen LogP contribution < -0.4 is 5.32 Å². The number of aliphatic hydroxyl groups is 1. The first-order valence-corrected chi connectivity index (χ1v) is 7.19. The maximum absolute atomic E-state index is 12.2. The molecule has 2 rings (SSSR count). The summed E-state index contributed by atoms with van der Waals surface area (Å²) in [5.74, 6) is 0.612. The van der Waals surface area contributed by atoms with Crippen LogP contribution in [0, 0.1) is 0 Å². The molecule has 0 aliphatic rings. The molecule has 0 saturated heterocycles. The number of amides is 1. The monoisotopic (exact) mass is 303 g/mol. The van der Waals surface area contributed by atoms with Gasteiger partial charge in [-0.15, -0.1) is 0 Å². The molecule has 0 saturated carbocycles. The van der Waals surface area contributed by atoms with Crippen LogP contribution >= 0.6 is 0 Å². The molecule has 1 aromatic carbocycles. The number of benzene rings is 1. The van der Waals surface area contributed by atoms with E-state index >= 15 is 0 Å². The average Bonchev–Trinajstić information content (AvgIpc) is 2.94. The number of nitrogens with zero attached hydrogens (tertiary/aromatic N) is 2. The third-order valence-corrected chi connectivity index (χ3v) is 3.06. The molecule has 6 heteroatoms. The number of hydrogen-bond acceptors (Lipinski definition) is 5. The van der Waals surface area contributed by atoms with Crippen LogP contribution in [0.25, 0.3) is 11.5 Å². The third-order valence-electron chi connectivity index (χ3n) is 3.06. The molecule has 2 aromatic rings. The Morgan fingerprint density at radius 1 is 1.36 bits per heavy atom. The van der Waals surface area contributed by atoms with E-state index < -0.39 is 6.10 Å². The molecule has 0 bridgehead atoms. The molecule has 0 aliphatic carbocycles. The first kappa shape index (κ1) is 16.2. The van der Waals surface area contributed by atoms with E-state index in [0.29, 0.717) is 22.8 Å². The lowest BCUT2D eigenvalue weighted by Gasteiger charge is -2.11. The van der Waals surface area contributed by atoms with Crippen LogP contribution in [0.4, 0.5) is 0 Å². The summed E-state index contributed by atoms with van der Waals surface area (Å²) in [6.45, 7) is 7.76. The summed E-state index contributed by atoms with van der Waals surface area (Å²) >= 11 is 0. The molecule has 2 N–H and O–H groups in total. The Balaban J connectivity index is 2.32.